The van der Waals surface area contributed by atoms with Gasteiger partial charge < -0.3 is 19.7 Å². The Balaban J connectivity index is 0.00000128. The van der Waals surface area contributed by atoms with Gasteiger partial charge in [0.1, 0.15) is 13.2 Å². The average Bonchev–Trinajstić information content (AvgIpc) is 2.56. The first-order chi connectivity index (χ1) is 7.11. The zero-order valence-electron chi connectivity index (χ0n) is 7.65. The Morgan fingerprint density at radius 2 is 1.38 bits per heavy atom. The molecule has 2 heterocycles. The van der Waals surface area contributed by atoms with Crippen LogP contribution in [-0.4, -0.2) is 35.4 Å². The molecule has 0 aliphatic carbocycles. The molecule has 0 saturated heterocycles. The maximum atomic E-state index is 10.8. The fourth-order valence-electron chi connectivity index (χ4n) is 1.23. The molecule has 1 aliphatic heterocycles. The van der Waals surface area contributed by atoms with Crippen molar-refractivity contribution in [1.29, 1.82) is 0 Å². The van der Waals surface area contributed by atoms with Gasteiger partial charge in [0, 0.05) is 17.1 Å². The molecule has 0 bridgehead atoms. The van der Waals surface area contributed by atoms with Gasteiger partial charge in [-0.3, -0.25) is 0 Å². The smallest absolute Gasteiger partial charge is 0.349 e. The standard InChI is InChI=1S/C8H6O6S.Cu/c9-7(10)5-3-4(14-2-1-13-3)6(15-5)8(11)12;/h1-2H2,(H,9,10)(H,11,12);. The van der Waals surface area contributed by atoms with Gasteiger partial charge in [-0.15, -0.1) is 11.3 Å². The molecule has 0 atom stereocenters. The number of rotatable bonds is 2. The molecule has 0 unspecified atom stereocenters. The summed E-state index contributed by atoms with van der Waals surface area (Å²) in [7, 11) is 0. The number of hydrogen-bond donors (Lipinski definition) is 2. The van der Waals surface area contributed by atoms with Crippen LogP contribution in [0.1, 0.15) is 19.3 Å². The number of aromatic carboxylic acids is 2. The van der Waals surface area contributed by atoms with Crippen LogP contribution in [0.25, 0.3) is 0 Å². The molecule has 0 amide bonds. The van der Waals surface area contributed by atoms with Crippen molar-refractivity contribution in [1.82, 2.24) is 0 Å². The Bertz CT molecular complexity index is 401. The van der Waals surface area contributed by atoms with Crippen molar-refractivity contribution in [2.45, 2.75) is 0 Å². The monoisotopic (exact) mass is 293 g/mol. The molecule has 1 aromatic heterocycles. The van der Waals surface area contributed by atoms with Crippen LogP contribution in [0.15, 0.2) is 0 Å². The normalized spacial score (nSPS) is 12.8. The maximum Gasteiger partial charge on any atom is 0.349 e. The van der Waals surface area contributed by atoms with Crippen molar-refractivity contribution in [2.75, 3.05) is 13.2 Å². The summed E-state index contributed by atoms with van der Waals surface area (Å²) in [6.45, 7) is 0.451. The van der Waals surface area contributed by atoms with E-state index in [-0.39, 0.29) is 51.5 Å². The molecule has 2 N–H and O–H groups in total. The summed E-state index contributed by atoms with van der Waals surface area (Å²) in [6.07, 6.45) is 0. The summed E-state index contributed by atoms with van der Waals surface area (Å²) in [4.78, 5) is 21.3. The van der Waals surface area contributed by atoms with E-state index >= 15 is 0 Å². The number of ether oxygens (including phenoxy) is 2. The van der Waals surface area contributed by atoms with Gasteiger partial charge in [0.25, 0.3) is 0 Å². The Labute approximate surface area is 104 Å². The average molecular weight is 294 g/mol. The second-order valence-electron chi connectivity index (χ2n) is 2.73. The molecule has 0 aromatic carbocycles. The number of hydrogen-bond acceptors (Lipinski definition) is 5. The van der Waals surface area contributed by atoms with E-state index < -0.39 is 11.9 Å². The van der Waals surface area contributed by atoms with Crippen molar-refractivity contribution in [2.24, 2.45) is 0 Å². The minimum atomic E-state index is -1.21. The van der Waals surface area contributed by atoms with Crippen LogP contribution in [0.2, 0.25) is 0 Å². The van der Waals surface area contributed by atoms with E-state index in [4.69, 9.17) is 19.7 Å². The molecule has 2 rings (SSSR count). The third-order valence-corrected chi connectivity index (χ3v) is 2.92. The van der Waals surface area contributed by atoms with Gasteiger partial charge in [0.15, 0.2) is 21.3 Å². The molecular formula is C8H6CuO6S. The largest absolute Gasteiger partial charge is 0.484 e. The zero-order valence-corrected chi connectivity index (χ0v) is 9.41. The SMILES string of the molecule is O=C(O)c1sc(C(=O)O)c2c1OCCO2.[Cu]. The molecule has 1 aromatic rings. The van der Waals surface area contributed by atoms with Gasteiger partial charge in [-0.1, -0.05) is 0 Å². The van der Waals surface area contributed by atoms with E-state index in [1.165, 1.54) is 0 Å². The van der Waals surface area contributed by atoms with Crippen LogP contribution in [0.3, 0.4) is 0 Å². The summed E-state index contributed by atoms with van der Waals surface area (Å²) in [5.41, 5.74) is 0. The first-order valence-electron chi connectivity index (χ1n) is 4.00. The molecule has 0 saturated carbocycles. The molecule has 6 nitrogen and oxygen atoms in total. The Morgan fingerprint density at radius 1 is 1.00 bits per heavy atom. The predicted octanol–water partition coefficient (Wildman–Crippen LogP) is 0.913. The minimum absolute atomic E-state index is 0. The number of carboxylic acids is 2. The van der Waals surface area contributed by atoms with Gasteiger partial charge in [-0.05, 0) is 0 Å². The van der Waals surface area contributed by atoms with Crippen LogP contribution in [0.5, 0.6) is 11.5 Å². The Hall–Kier alpha value is -1.24. The van der Waals surface area contributed by atoms with Crippen molar-refractivity contribution in [3.05, 3.63) is 9.75 Å². The summed E-state index contributed by atoms with van der Waals surface area (Å²) < 4.78 is 10.2. The summed E-state index contributed by atoms with van der Waals surface area (Å²) >= 11 is 0.642. The minimum Gasteiger partial charge on any atom is -0.484 e. The van der Waals surface area contributed by atoms with Crippen LogP contribution in [0.4, 0.5) is 0 Å². The van der Waals surface area contributed by atoms with E-state index in [0.29, 0.717) is 11.3 Å². The topological polar surface area (TPSA) is 93.1 Å². The molecule has 8 heteroatoms. The van der Waals surface area contributed by atoms with Gasteiger partial charge in [0.05, 0.1) is 0 Å². The Morgan fingerprint density at radius 3 is 1.69 bits per heavy atom. The van der Waals surface area contributed by atoms with Gasteiger partial charge in [-0.2, -0.15) is 0 Å². The summed E-state index contributed by atoms with van der Waals surface area (Å²) in [5, 5.41) is 17.6. The molecule has 1 radical (unpaired) electrons. The van der Waals surface area contributed by atoms with Crippen LogP contribution in [0, 0.1) is 0 Å². The van der Waals surface area contributed by atoms with E-state index in [0.717, 1.165) is 0 Å². The third-order valence-electron chi connectivity index (χ3n) is 1.79. The van der Waals surface area contributed by atoms with Crippen LogP contribution < -0.4 is 9.47 Å². The van der Waals surface area contributed by atoms with Crippen molar-refractivity contribution in [3.8, 4) is 11.5 Å². The number of thiophene rings is 1. The molecular weight excluding hydrogens is 288 g/mol. The number of carbonyl (C=O) groups is 2. The zero-order chi connectivity index (χ0) is 11.0. The first kappa shape index (κ1) is 12.8. The van der Waals surface area contributed by atoms with Gasteiger partial charge in [-0.25, -0.2) is 9.59 Å². The number of carboxylic acid groups (broad SMARTS) is 2. The number of fused-ring (bicyclic) bond motifs is 1. The molecule has 16 heavy (non-hydrogen) atoms. The quantitative estimate of drug-likeness (QED) is 0.788. The third kappa shape index (κ3) is 1.99. The van der Waals surface area contributed by atoms with Crippen molar-refractivity contribution in [3.63, 3.8) is 0 Å². The van der Waals surface area contributed by atoms with E-state index in [9.17, 15) is 9.59 Å². The van der Waals surface area contributed by atoms with E-state index in [1.54, 1.807) is 0 Å². The van der Waals surface area contributed by atoms with E-state index in [2.05, 4.69) is 0 Å². The fraction of sp³-hybridized carbons (Fsp3) is 0.250. The van der Waals surface area contributed by atoms with Gasteiger partial charge in [0.2, 0.25) is 0 Å². The maximum absolute atomic E-state index is 10.8. The summed E-state index contributed by atoms with van der Waals surface area (Å²) in [5.74, 6) is -2.38. The van der Waals surface area contributed by atoms with Crippen molar-refractivity contribution < 1.29 is 46.3 Å². The molecule has 0 spiro atoms. The fourth-order valence-corrected chi connectivity index (χ4v) is 2.10. The van der Waals surface area contributed by atoms with Crippen LogP contribution in [-0.2, 0) is 17.1 Å². The first-order valence-corrected chi connectivity index (χ1v) is 4.82. The van der Waals surface area contributed by atoms with E-state index in [1.807, 2.05) is 0 Å². The summed E-state index contributed by atoms with van der Waals surface area (Å²) in [6, 6.07) is 0. The Kier molecular flexibility index (Phi) is 3.79. The second kappa shape index (κ2) is 4.73. The molecule has 1 aliphatic rings. The van der Waals surface area contributed by atoms with Gasteiger partial charge >= 0.3 is 11.9 Å². The molecule has 0 fully saturated rings. The van der Waals surface area contributed by atoms with Crippen molar-refractivity contribution >= 4 is 23.3 Å². The van der Waals surface area contributed by atoms with Crippen LogP contribution >= 0.6 is 11.3 Å². The predicted molar refractivity (Wildman–Crippen MR) is 49.2 cm³/mol. The molecule has 91 valence electrons. The second-order valence-corrected chi connectivity index (χ2v) is 3.75.